The van der Waals surface area contributed by atoms with Crippen LogP contribution in [0.3, 0.4) is 0 Å². The lowest BCUT2D eigenvalue weighted by Crippen LogP contribution is -2.37. The standard InChI is InChI=1S/C14H17N3O2S/c1-17(8-9-4-3-5-9)14(19)11-6-10(7-15)13(20-2)16-12(11)18/h6,9H,3-5,8H2,1-2H3,(H,16,18). The first-order chi connectivity index (χ1) is 9.56. The summed E-state index contributed by atoms with van der Waals surface area (Å²) in [6.45, 7) is 0.671. The number of hydrogen-bond donors (Lipinski definition) is 1. The lowest BCUT2D eigenvalue weighted by Gasteiger charge is -2.30. The maximum absolute atomic E-state index is 12.3. The van der Waals surface area contributed by atoms with Crippen molar-refractivity contribution >= 4 is 17.7 Å². The minimum Gasteiger partial charge on any atom is -0.341 e. The molecule has 1 aromatic heterocycles. The molecular weight excluding hydrogens is 274 g/mol. The Hall–Kier alpha value is -1.74. The zero-order valence-corrected chi connectivity index (χ0v) is 12.4. The van der Waals surface area contributed by atoms with Gasteiger partial charge in [0.05, 0.1) is 10.6 Å². The summed E-state index contributed by atoms with van der Waals surface area (Å²) < 4.78 is 0. The molecule has 106 valence electrons. The number of thioether (sulfide) groups is 1. The summed E-state index contributed by atoms with van der Waals surface area (Å²) in [6.07, 6.45) is 5.27. The molecule has 0 aromatic carbocycles. The van der Waals surface area contributed by atoms with Crippen molar-refractivity contribution in [3.63, 3.8) is 0 Å². The SMILES string of the molecule is CSc1[nH]c(=O)c(C(=O)N(C)CC2CCC2)cc1C#N. The van der Waals surface area contributed by atoms with Crippen LogP contribution in [-0.4, -0.2) is 35.6 Å². The third-order valence-electron chi connectivity index (χ3n) is 3.66. The highest BCUT2D eigenvalue weighted by Gasteiger charge is 2.24. The van der Waals surface area contributed by atoms with Crippen molar-refractivity contribution in [2.45, 2.75) is 24.3 Å². The Bertz CT molecular complexity index is 614. The van der Waals surface area contributed by atoms with Crippen LogP contribution in [-0.2, 0) is 0 Å². The molecule has 0 aliphatic heterocycles. The summed E-state index contributed by atoms with van der Waals surface area (Å²) >= 11 is 1.28. The highest BCUT2D eigenvalue weighted by atomic mass is 32.2. The molecule has 20 heavy (non-hydrogen) atoms. The summed E-state index contributed by atoms with van der Waals surface area (Å²) in [5.74, 6) is 0.228. The Kier molecular flexibility index (Phi) is 4.50. The molecule has 6 heteroatoms. The van der Waals surface area contributed by atoms with Crippen LogP contribution in [0.2, 0.25) is 0 Å². The quantitative estimate of drug-likeness (QED) is 0.859. The molecule has 0 spiro atoms. The molecule has 0 atom stereocenters. The number of H-pyrrole nitrogens is 1. The fourth-order valence-electron chi connectivity index (χ4n) is 2.27. The van der Waals surface area contributed by atoms with Crippen molar-refractivity contribution in [2.75, 3.05) is 19.8 Å². The van der Waals surface area contributed by atoms with Crippen LogP contribution < -0.4 is 5.56 Å². The van der Waals surface area contributed by atoms with Crippen LogP contribution in [0.4, 0.5) is 0 Å². The Morgan fingerprint density at radius 1 is 1.60 bits per heavy atom. The van der Waals surface area contributed by atoms with Gasteiger partial charge in [-0.15, -0.1) is 11.8 Å². The van der Waals surface area contributed by atoms with E-state index in [1.807, 2.05) is 6.07 Å². The lowest BCUT2D eigenvalue weighted by atomic mass is 9.85. The summed E-state index contributed by atoms with van der Waals surface area (Å²) in [7, 11) is 1.70. The molecule has 1 saturated carbocycles. The molecule has 0 radical (unpaired) electrons. The minimum absolute atomic E-state index is 0.0428. The van der Waals surface area contributed by atoms with Gasteiger partial charge in [0, 0.05) is 13.6 Å². The Morgan fingerprint density at radius 3 is 2.80 bits per heavy atom. The smallest absolute Gasteiger partial charge is 0.261 e. The van der Waals surface area contributed by atoms with Gasteiger partial charge in [-0.05, 0) is 31.1 Å². The van der Waals surface area contributed by atoms with Crippen molar-refractivity contribution in [1.29, 1.82) is 5.26 Å². The zero-order valence-electron chi connectivity index (χ0n) is 11.6. The van der Waals surface area contributed by atoms with E-state index < -0.39 is 5.56 Å². The highest BCUT2D eigenvalue weighted by Crippen LogP contribution is 2.27. The van der Waals surface area contributed by atoms with Crippen LogP contribution in [0.25, 0.3) is 0 Å². The van der Waals surface area contributed by atoms with E-state index in [9.17, 15) is 9.59 Å². The molecule has 1 aliphatic carbocycles. The van der Waals surface area contributed by atoms with Crippen LogP contribution in [0.5, 0.6) is 0 Å². The normalized spacial score (nSPS) is 14.4. The average molecular weight is 291 g/mol. The van der Waals surface area contributed by atoms with E-state index in [0.29, 0.717) is 23.1 Å². The Morgan fingerprint density at radius 2 is 2.30 bits per heavy atom. The summed E-state index contributed by atoms with van der Waals surface area (Å²) in [4.78, 5) is 28.4. The number of carbonyl (C=O) groups excluding carboxylic acids is 1. The average Bonchev–Trinajstić information content (AvgIpc) is 2.41. The maximum Gasteiger partial charge on any atom is 0.261 e. The predicted octanol–water partition coefficient (Wildman–Crippen LogP) is 1.84. The van der Waals surface area contributed by atoms with Gasteiger partial charge in [-0.2, -0.15) is 5.26 Å². The number of nitrogens with one attached hydrogen (secondary N) is 1. The van der Waals surface area contributed by atoms with E-state index >= 15 is 0 Å². The molecule has 1 heterocycles. The number of carbonyl (C=O) groups is 1. The number of rotatable bonds is 4. The second kappa shape index (κ2) is 6.14. The highest BCUT2D eigenvalue weighted by molar-refractivity contribution is 7.98. The Balaban J connectivity index is 2.25. The van der Waals surface area contributed by atoms with Gasteiger partial charge in [0.2, 0.25) is 0 Å². The number of pyridine rings is 1. The van der Waals surface area contributed by atoms with E-state index in [2.05, 4.69) is 4.98 Å². The van der Waals surface area contributed by atoms with Gasteiger partial charge >= 0.3 is 0 Å². The molecule has 1 fully saturated rings. The van der Waals surface area contributed by atoms with Crippen LogP contribution >= 0.6 is 11.8 Å². The number of nitriles is 1. The minimum atomic E-state index is -0.432. The van der Waals surface area contributed by atoms with Crippen molar-refractivity contribution in [1.82, 2.24) is 9.88 Å². The monoisotopic (exact) mass is 291 g/mol. The second-order valence-electron chi connectivity index (χ2n) is 5.05. The molecule has 1 amide bonds. The fraction of sp³-hybridized carbons (Fsp3) is 0.500. The molecule has 0 saturated heterocycles. The number of nitrogens with zero attached hydrogens (tertiary/aromatic N) is 2. The third kappa shape index (κ3) is 2.88. The number of amides is 1. The molecule has 0 unspecified atom stereocenters. The van der Waals surface area contributed by atoms with Crippen LogP contribution in [0.15, 0.2) is 15.9 Å². The zero-order chi connectivity index (χ0) is 14.7. The van der Waals surface area contributed by atoms with Crippen molar-refractivity contribution in [3.05, 3.63) is 27.5 Å². The van der Waals surface area contributed by atoms with E-state index in [-0.39, 0.29) is 11.5 Å². The molecule has 1 N–H and O–H groups in total. The van der Waals surface area contributed by atoms with Crippen molar-refractivity contribution in [3.8, 4) is 6.07 Å². The van der Waals surface area contributed by atoms with Gasteiger partial charge < -0.3 is 9.88 Å². The van der Waals surface area contributed by atoms with Crippen molar-refractivity contribution in [2.24, 2.45) is 5.92 Å². The largest absolute Gasteiger partial charge is 0.341 e. The molecule has 0 bridgehead atoms. The molecule has 2 rings (SSSR count). The molecule has 1 aliphatic rings. The predicted molar refractivity (Wildman–Crippen MR) is 77.9 cm³/mol. The number of aromatic amines is 1. The number of aromatic nitrogens is 1. The summed E-state index contributed by atoms with van der Waals surface area (Å²) in [5, 5.41) is 9.56. The van der Waals surface area contributed by atoms with Crippen LogP contribution in [0, 0.1) is 17.2 Å². The topological polar surface area (TPSA) is 77.0 Å². The van der Waals surface area contributed by atoms with Gasteiger partial charge in [-0.3, -0.25) is 9.59 Å². The van der Waals surface area contributed by atoms with Crippen molar-refractivity contribution < 1.29 is 4.79 Å². The third-order valence-corrected chi connectivity index (χ3v) is 4.39. The van der Waals surface area contributed by atoms with Gasteiger partial charge in [0.1, 0.15) is 11.6 Å². The maximum atomic E-state index is 12.3. The summed E-state index contributed by atoms with van der Waals surface area (Å²) in [6, 6.07) is 3.40. The van der Waals surface area contributed by atoms with E-state index in [1.54, 1.807) is 18.2 Å². The van der Waals surface area contributed by atoms with E-state index in [1.165, 1.54) is 24.2 Å². The molecule has 1 aromatic rings. The number of hydrogen-bond acceptors (Lipinski definition) is 4. The molecule has 5 nitrogen and oxygen atoms in total. The molecular formula is C14H17N3O2S. The second-order valence-corrected chi connectivity index (χ2v) is 5.87. The van der Waals surface area contributed by atoms with Gasteiger partial charge in [0.25, 0.3) is 11.5 Å². The lowest BCUT2D eigenvalue weighted by molar-refractivity contribution is 0.0743. The van der Waals surface area contributed by atoms with E-state index in [4.69, 9.17) is 5.26 Å². The van der Waals surface area contributed by atoms with Crippen LogP contribution in [0.1, 0.15) is 35.2 Å². The van der Waals surface area contributed by atoms with Gasteiger partial charge in [-0.1, -0.05) is 6.42 Å². The van der Waals surface area contributed by atoms with Gasteiger partial charge in [-0.25, -0.2) is 0 Å². The fourth-order valence-corrected chi connectivity index (χ4v) is 2.79. The Labute approximate surface area is 122 Å². The first-order valence-electron chi connectivity index (χ1n) is 6.53. The van der Waals surface area contributed by atoms with E-state index in [0.717, 1.165) is 12.8 Å². The summed E-state index contributed by atoms with van der Waals surface area (Å²) in [5.41, 5.74) is -0.0579. The first-order valence-corrected chi connectivity index (χ1v) is 7.76. The van der Waals surface area contributed by atoms with Gasteiger partial charge in [0.15, 0.2) is 0 Å². The first kappa shape index (κ1) is 14.7.